The summed E-state index contributed by atoms with van der Waals surface area (Å²) in [6.07, 6.45) is 4.32. The minimum Gasteiger partial charge on any atom is -0.389 e. The number of thiazole rings is 1. The Bertz CT molecular complexity index is 1140. The zero-order valence-corrected chi connectivity index (χ0v) is 19.3. The first kappa shape index (κ1) is 23.1. The largest absolute Gasteiger partial charge is 0.389 e. The SMILES string of the molecule is CC(C)n1ncc(NC(=O)c2nc(-c3c(F)cccc3F)sc2N)c1N1CCC[C@@H](N)CC1. The van der Waals surface area contributed by atoms with Crippen molar-refractivity contribution in [2.24, 2.45) is 5.73 Å². The number of halogens is 2. The van der Waals surface area contributed by atoms with E-state index in [4.69, 9.17) is 11.5 Å². The number of carbonyl (C=O) groups excluding carboxylic acids is 1. The predicted molar refractivity (Wildman–Crippen MR) is 126 cm³/mol. The van der Waals surface area contributed by atoms with Crippen molar-refractivity contribution in [1.82, 2.24) is 14.8 Å². The summed E-state index contributed by atoms with van der Waals surface area (Å²) < 4.78 is 30.2. The standard InChI is InChI=1S/C22H27F2N7OS/c1-12(2)31-22(30-9-4-5-13(25)8-10-30)16(11-27-31)28-20(32)18-19(26)33-21(29-18)17-14(23)6-3-7-15(17)24/h3,6-7,11-13H,4-5,8-10,25-26H2,1-2H3,(H,28,32)/t13-/m1/s1. The highest BCUT2D eigenvalue weighted by atomic mass is 32.1. The van der Waals surface area contributed by atoms with Gasteiger partial charge in [0.2, 0.25) is 0 Å². The third-order valence-corrected chi connectivity index (χ3v) is 6.53. The highest BCUT2D eigenvalue weighted by Crippen LogP contribution is 2.35. The Kier molecular flexibility index (Phi) is 6.61. The highest BCUT2D eigenvalue weighted by Gasteiger charge is 2.26. The molecule has 3 heterocycles. The van der Waals surface area contributed by atoms with E-state index in [-0.39, 0.29) is 33.3 Å². The summed E-state index contributed by atoms with van der Waals surface area (Å²) in [5.41, 5.74) is 12.3. The molecule has 33 heavy (non-hydrogen) atoms. The van der Waals surface area contributed by atoms with Gasteiger partial charge in [0.15, 0.2) is 11.5 Å². The van der Waals surface area contributed by atoms with E-state index in [1.165, 1.54) is 6.07 Å². The van der Waals surface area contributed by atoms with E-state index >= 15 is 0 Å². The molecule has 3 aromatic rings. The summed E-state index contributed by atoms with van der Waals surface area (Å²) in [7, 11) is 0. The lowest BCUT2D eigenvalue weighted by atomic mass is 10.1. The summed E-state index contributed by atoms with van der Waals surface area (Å²) in [6, 6.07) is 3.76. The van der Waals surface area contributed by atoms with Crippen LogP contribution >= 0.6 is 11.3 Å². The van der Waals surface area contributed by atoms with Gasteiger partial charge in [-0.25, -0.2) is 18.4 Å². The van der Waals surface area contributed by atoms with Crippen molar-refractivity contribution in [3.8, 4) is 10.6 Å². The molecule has 0 aliphatic carbocycles. The Balaban J connectivity index is 1.64. The van der Waals surface area contributed by atoms with Gasteiger partial charge in [-0.05, 0) is 45.2 Å². The monoisotopic (exact) mass is 475 g/mol. The Hall–Kier alpha value is -3.05. The lowest BCUT2D eigenvalue weighted by Crippen LogP contribution is -2.30. The number of nitrogens with one attached hydrogen (secondary N) is 1. The molecule has 176 valence electrons. The molecule has 4 rings (SSSR count). The quantitative estimate of drug-likeness (QED) is 0.513. The van der Waals surface area contributed by atoms with Crippen LogP contribution in [0.3, 0.4) is 0 Å². The van der Waals surface area contributed by atoms with Crippen LogP contribution in [0.2, 0.25) is 0 Å². The number of nitrogens with zero attached hydrogens (tertiary/aromatic N) is 4. The van der Waals surface area contributed by atoms with Gasteiger partial charge in [-0.2, -0.15) is 5.10 Å². The Morgan fingerprint density at radius 3 is 2.67 bits per heavy atom. The molecule has 1 fully saturated rings. The minimum atomic E-state index is -0.768. The number of nitrogen functional groups attached to an aromatic ring is 1. The molecule has 5 N–H and O–H groups in total. The van der Waals surface area contributed by atoms with E-state index in [2.05, 4.69) is 20.3 Å². The summed E-state index contributed by atoms with van der Waals surface area (Å²) in [6.45, 7) is 5.57. The number of rotatable bonds is 5. The van der Waals surface area contributed by atoms with Gasteiger partial charge in [0.25, 0.3) is 5.91 Å². The molecule has 11 heteroatoms. The Labute approximate surface area is 194 Å². The average molecular weight is 476 g/mol. The zero-order chi connectivity index (χ0) is 23.7. The van der Waals surface area contributed by atoms with Crippen LogP contribution in [-0.4, -0.2) is 39.8 Å². The molecule has 1 aliphatic heterocycles. The van der Waals surface area contributed by atoms with Gasteiger partial charge >= 0.3 is 0 Å². The molecule has 1 aliphatic rings. The minimum absolute atomic E-state index is 0.00727. The van der Waals surface area contributed by atoms with Crippen molar-refractivity contribution in [2.45, 2.75) is 45.2 Å². The molecule has 1 aromatic carbocycles. The fraction of sp³-hybridized carbons (Fsp3) is 0.409. The molecule has 0 bridgehead atoms. The van der Waals surface area contributed by atoms with Gasteiger partial charge in [-0.1, -0.05) is 17.4 Å². The molecule has 1 saturated heterocycles. The van der Waals surface area contributed by atoms with E-state index in [9.17, 15) is 13.6 Å². The van der Waals surface area contributed by atoms with E-state index < -0.39 is 17.5 Å². The van der Waals surface area contributed by atoms with Gasteiger partial charge in [0.05, 0.1) is 11.8 Å². The molecule has 0 saturated carbocycles. The second kappa shape index (κ2) is 9.44. The first-order valence-electron chi connectivity index (χ1n) is 10.9. The van der Waals surface area contributed by atoms with Gasteiger partial charge in [0, 0.05) is 25.2 Å². The summed E-state index contributed by atoms with van der Waals surface area (Å²) in [5.74, 6) is -1.31. The molecular formula is C22H27F2N7OS. The third kappa shape index (κ3) is 4.69. The smallest absolute Gasteiger partial charge is 0.277 e. The van der Waals surface area contributed by atoms with Crippen LogP contribution in [-0.2, 0) is 0 Å². The van der Waals surface area contributed by atoms with Gasteiger partial charge in [-0.3, -0.25) is 4.79 Å². The van der Waals surface area contributed by atoms with Crippen LogP contribution in [0.25, 0.3) is 10.6 Å². The van der Waals surface area contributed by atoms with Crippen LogP contribution in [0.15, 0.2) is 24.4 Å². The van der Waals surface area contributed by atoms with Gasteiger partial charge < -0.3 is 21.7 Å². The van der Waals surface area contributed by atoms with E-state index in [1.807, 2.05) is 18.5 Å². The van der Waals surface area contributed by atoms with Crippen LogP contribution in [0.1, 0.15) is 49.6 Å². The van der Waals surface area contributed by atoms with Crippen LogP contribution < -0.4 is 21.7 Å². The van der Waals surface area contributed by atoms with Crippen molar-refractivity contribution in [1.29, 1.82) is 0 Å². The second-order valence-electron chi connectivity index (χ2n) is 8.38. The maximum absolute atomic E-state index is 14.2. The lowest BCUT2D eigenvalue weighted by molar-refractivity contribution is 0.102. The van der Waals surface area contributed by atoms with Gasteiger partial charge in [0.1, 0.15) is 27.3 Å². The topological polar surface area (TPSA) is 115 Å². The number of amides is 1. The summed E-state index contributed by atoms with van der Waals surface area (Å²) in [4.78, 5) is 19.4. The molecule has 0 spiro atoms. The second-order valence-corrected chi connectivity index (χ2v) is 9.41. The maximum atomic E-state index is 14.2. The molecule has 0 radical (unpaired) electrons. The first-order valence-corrected chi connectivity index (χ1v) is 11.7. The number of hydrogen-bond donors (Lipinski definition) is 3. The number of aromatic nitrogens is 3. The average Bonchev–Trinajstić information content (AvgIpc) is 3.27. The van der Waals surface area contributed by atoms with Crippen molar-refractivity contribution in [3.63, 3.8) is 0 Å². The van der Waals surface area contributed by atoms with Crippen molar-refractivity contribution < 1.29 is 13.6 Å². The van der Waals surface area contributed by atoms with E-state index in [0.717, 1.165) is 61.6 Å². The summed E-state index contributed by atoms with van der Waals surface area (Å²) in [5, 5.41) is 7.39. The molecule has 1 amide bonds. The number of hydrogen-bond acceptors (Lipinski definition) is 7. The van der Waals surface area contributed by atoms with Crippen molar-refractivity contribution >= 4 is 33.8 Å². The third-order valence-electron chi connectivity index (χ3n) is 5.62. The Morgan fingerprint density at radius 2 is 1.97 bits per heavy atom. The van der Waals surface area contributed by atoms with E-state index in [0.29, 0.717) is 5.69 Å². The molecule has 8 nitrogen and oxygen atoms in total. The summed E-state index contributed by atoms with van der Waals surface area (Å²) >= 11 is 0.861. The Morgan fingerprint density at radius 1 is 1.24 bits per heavy atom. The van der Waals surface area contributed by atoms with Crippen LogP contribution in [0, 0.1) is 11.6 Å². The zero-order valence-electron chi connectivity index (χ0n) is 18.5. The number of nitrogens with two attached hydrogens (primary N) is 2. The molecule has 1 atom stereocenters. The number of benzene rings is 1. The highest BCUT2D eigenvalue weighted by molar-refractivity contribution is 7.19. The first-order chi connectivity index (χ1) is 15.8. The van der Waals surface area contributed by atoms with Crippen molar-refractivity contribution in [3.05, 3.63) is 41.7 Å². The molecule has 2 aromatic heterocycles. The molecular weight excluding hydrogens is 448 g/mol. The number of anilines is 3. The fourth-order valence-electron chi connectivity index (χ4n) is 3.96. The van der Waals surface area contributed by atoms with Crippen LogP contribution in [0.5, 0.6) is 0 Å². The normalized spacial score (nSPS) is 16.8. The van der Waals surface area contributed by atoms with Crippen molar-refractivity contribution in [2.75, 3.05) is 29.0 Å². The van der Waals surface area contributed by atoms with Gasteiger partial charge in [-0.15, -0.1) is 0 Å². The fourth-order valence-corrected chi connectivity index (χ4v) is 4.83. The number of carbonyl (C=O) groups is 1. The maximum Gasteiger partial charge on any atom is 0.277 e. The van der Waals surface area contributed by atoms with E-state index in [1.54, 1.807) is 6.20 Å². The molecule has 0 unspecified atom stereocenters. The predicted octanol–water partition coefficient (Wildman–Crippen LogP) is 4.02. The lowest BCUT2D eigenvalue weighted by Gasteiger charge is -2.26. The van der Waals surface area contributed by atoms with Crippen LogP contribution in [0.4, 0.5) is 25.3 Å².